The number of nitrogens with zero attached hydrogens (tertiary/aromatic N) is 2. The topological polar surface area (TPSA) is 66.5 Å². The lowest BCUT2D eigenvalue weighted by Gasteiger charge is -2.36. The molecule has 2 amide bonds. The fraction of sp³-hybridized carbons (Fsp3) is 0.455. The van der Waals surface area contributed by atoms with E-state index in [1.807, 2.05) is 24.3 Å². The van der Waals surface area contributed by atoms with Crippen molar-refractivity contribution in [3.05, 3.63) is 47.8 Å². The zero-order valence-corrected chi connectivity index (χ0v) is 17.5. The molecule has 1 aliphatic rings. The second kappa shape index (κ2) is 9.84. The van der Waals surface area contributed by atoms with Crippen LogP contribution in [0.5, 0.6) is 5.75 Å². The Balaban J connectivity index is 1.96. The average molecular weight is 418 g/mol. The third-order valence-electron chi connectivity index (χ3n) is 5.17. The van der Waals surface area contributed by atoms with Gasteiger partial charge in [-0.3, -0.25) is 9.88 Å². The molecule has 6 nitrogen and oxygen atoms in total. The van der Waals surface area contributed by atoms with Crippen molar-refractivity contribution in [1.82, 2.24) is 10.3 Å². The molecule has 3 rings (SSSR count). The largest absolute Gasteiger partial charge is 0.432 e. The summed E-state index contributed by atoms with van der Waals surface area (Å²) in [5.41, 5.74) is 2.52. The smallest absolute Gasteiger partial charge is 0.387 e. The van der Waals surface area contributed by atoms with Gasteiger partial charge in [0.1, 0.15) is 5.69 Å². The molecule has 162 valence electrons. The number of piperidine rings is 1. The van der Waals surface area contributed by atoms with E-state index in [0.717, 1.165) is 37.2 Å². The highest BCUT2D eigenvalue weighted by molar-refractivity contribution is 6.03. The van der Waals surface area contributed by atoms with Gasteiger partial charge in [0.25, 0.3) is 0 Å². The molecule has 1 aromatic carbocycles. The molecule has 30 heavy (non-hydrogen) atoms. The number of pyridine rings is 1. The monoisotopic (exact) mass is 418 g/mol. The molecule has 2 aromatic rings. The number of halogens is 2. The third-order valence-corrected chi connectivity index (χ3v) is 5.17. The molecule has 2 heterocycles. The lowest BCUT2D eigenvalue weighted by atomic mass is 9.97. The van der Waals surface area contributed by atoms with E-state index in [-0.39, 0.29) is 29.4 Å². The molecule has 1 aromatic heterocycles. The first-order valence-corrected chi connectivity index (χ1v) is 10.2. The van der Waals surface area contributed by atoms with Gasteiger partial charge in [-0.2, -0.15) is 8.78 Å². The van der Waals surface area contributed by atoms with E-state index in [1.54, 1.807) is 11.8 Å². The van der Waals surface area contributed by atoms with Crippen molar-refractivity contribution in [3.63, 3.8) is 0 Å². The number of aryl methyl sites for hydroxylation is 1. The summed E-state index contributed by atoms with van der Waals surface area (Å²) in [5, 5.41) is 6.06. The minimum atomic E-state index is -3.00. The van der Waals surface area contributed by atoms with E-state index >= 15 is 0 Å². The van der Waals surface area contributed by atoms with Gasteiger partial charge in [0.05, 0.1) is 6.20 Å². The van der Waals surface area contributed by atoms with Gasteiger partial charge in [-0.25, -0.2) is 4.79 Å². The number of aromatic nitrogens is 1. The Bertz CT molecular complexity index is 870. The van der Waals surface area contributed by atoms with Gasteiger partial charge in [-0.1, -0.05) is 32.0 Å². The van der Waals surface area contributed by atoms with E-state index in [2.05, 4.69) is 34.2 Å². The summed E-state index contributed by atoms with van der Waals surface area (Å²) in [6, 6.07) is 8.79. The van der Waals surface area contributed by atoms with E-state index < -0.39 is 6.61 Å². The molecule has 1 saturated heterocycles. The van der Waals surface area contributed by atoms with Crippen LogP contribution in [0.4, 0.5) is 25.0 Å². The summed E-state index contributed by atoms with van der Waals surface area (Å²) < 4.78 is 30.3. The minimum Gasteiger partial charge on any atom is -0.432 e. The van der Waals surface area contributed by atoms with Gasteiger partial charge in [0.15, 0.2) is 5.75 Å². The number of rotatable bonds is 6. The van der Waals surface area contributed by atoms with E-state index in [4.69, 9.17) is 0 Å². The van der Waals surface area contributed by atoms with Gasteiger partial charge >= 0.3 is 12.6 Å². The van der Waals surface area contributed by atoms with Crippen molar-refractivity contribution in [2.75, 3.05) is 23.3 Å². The maximum Gasteiger partial charge on any atom is 0.387 e. The number of carbonyl (C=O) groups excluding carboxylic acids is 1. The van der Waals surface area contributed by atoms with Crippen molar-refractivity contribution in [2.45, 2.75) is 52.2 Å². The first kappa shape index (κ1) is 22.0. The van der Waals surface area contributed by atoms with Crippen LogP contribution < -0.4 is 20.3 Å². The highest BCUT2D eigenvalue weighted by Gasteiger charge is 2.29. The van der Waals surface area contributed by atoms with Crippen LogP contribution in [0, 0.1) is 6.92 Å². The molecule has 0 bridgehead atoms. The number of amides is 2. The molecule has 0 saturated carbocycles. The zero-order valence-electron chi connectivity index (χ0n) is 17.5. The predicted octanol–water partition coefficient (Wildman–Crippen LogP) is 4.91. The number of urea groups is 1. The molecular weight excluding hydrogens is 390 g/mol. The lowest BCUT2D eigenvalue weighted by molar-refractivity contribution is -0.0494. The van der Waals surface area contributed by atoms with E-state index in [9.17, 15) is 13.6 Å². The van der Waals surface area contributed by atoms with Gasteiger partial charge in [0, 0.05) is 23.5 Å². The van der Waals surface area contributed by atoms with Crippen LogP contribution >= 0.6 is 0 Å². The molecular formula is C22H28F2N4O2. The molecule has 0 radical (unpaired) electrons. The minimum absolute atomic E-state index is 0.0102. The average Bonchev–Trinajstić information content (AvgIpc) is 2.71. The Kier molecular flexibility index (Phi) is 7.20. The first-order valence-electron chi connectivity index (χ1n) is 10.2. The number of benzene rings is 1. The van der Waals surface area contributed by atoms with Crippen LogP contribution in [-0.4, -0.2) is 36.8 Å². The summed E-state index contributed by atoms with van der Waals surface area (Å²) >= 11 is 0. The van der Waals surface area contributed by atoms with Crippen molar-refractivity contribution in [3.8, 4) is 5.75 Å². The van der Waals surface area contributed by atoms with Gasteiger partial charge in [-0.05, 0) is 50.4 Å². The highest BCUT2D eigenvalue weighted by atomic mass is 19.3. The number of nitrogens with one attached hydrogen (secondary N) is 2. The second-order valence-electron chi connectivity index (χ2n) is 7.70. The maximum atomic E-state index is 13.4. The molecule has 0 atom stereocenters. The van der Waals surface area contributed by atoms with Crippen molar-refractivity contribution in [1.29, 1.82) is 0 Å². The van der Waals surface area contributed by atoms with Crippen molar-refractivity contribution in [2.24, 2.45) is 0 Å². The fourth-order valence-corrected chi connectivity index (χ4v) is 3.73. The zero-order chi connectivity index (χ0) is 21.7. The molecule has 8 heteroatoms. The summed E-state index contributed by atoms with van der Waals surface area (Å²) in [6.45, 7) is 4.45. The molecule has 0 spiro atoms. The maximum absolute atomic E-state index is 13.4. The predicted molar refractivity (Wildman–Crippen MR) is 114 cm³/mol. The normalized spacial score (nSPS) is 14.8. The van der Waals surface area contributed by atoms with Crippen LogP contribution in [0.25, 0.3) is 0 Å². The number of hydrogen-bond acceptors (Lipinski definition) is 4. The highest BCUT2D eigenvalue weighted by Crippen LogP contribution is 2.32. The van der Waals surface area contributed by atoms with Crippen molar-refractivity contribution < 1.29 is 18.3 Å². The van der Waals surface area contributed by atoms with Crippen LogP contribution in [0.1, 0.15) is 43.9 Å². The molecule has 1 fully saturated rings. The Morgan fingerprint density at radius 2 is 1.97 bits per heavy atom. The number of ether oxygens (including phenoxy) is 1. The first-order chi connectivity index (χ1) is 14.4. The molecule has 0 aliphatic carbocycles. The molecule has 2 N–H and O–H groups in total. The molecule has 0 unspecified atom stereocenters. The lowest BCUT2D eigenvalue weighted by Crippen LogP contribution is -2.48. The number of alkyl halides is 2. The standard InChI is InChI=1S/C22H28F2N4O2/c1-14(2)17-6-4-5-7-19(17)28(16-8-10-25-11-9-16)22(29)27-18-13-26-15(3)12-20(18)30-21(23)24/h4-7,12-14,16,21,25H,8-11H2,1-3H3,(H,27,29). The number of para-hydroxylation sites is 1. The van der Waals surface area contributed by atoms with Crippen molar-refractivity contribution >= 4 is 17.4 Å². The van der Waals surface area contributed by atoms with E-state index in [0.29, 0.717) is 5.69 Å². The summed E-state index contributed by atoms with van der Waals surface area (Å²) in [7, 11) is 0. The number of hydrogen-bond donors (Lipinski definition) is 2. The number of carbonyl (C=O) groups is 1. The van der Waals surface area contributed by atoms with Crippen LogP contribution in [0.15, 0.2) is 36.5 Å². The van der Waals surface area contributed by atoms with Gasteiger partial charge < -0.3 is 15.4 Å². The second-order valence-corrected chi connectivity index (χ2v) is 7.70. The Labute approximate surface area is 175 Å². The number of anilines is 2. The summed E-state index contributed by atoms with van der Waals surface area (Å²) in [4.78, 5) is 19.3. The quantitative estimate of drug-likeness (QED) is 0.700. The van der Waals surface area contributed by atoms with Crippen LogP contribution in [0.2, 0.25) is 0 Å². The van der Waals surface area contributed by atoms with Gasteiger partial charge in [-0.15, -0.1) is 0 Å². The Morgan fingerprint density at radius 3 is 2.63 bits per heavy atom. The van der Waals surface area contributed by atoms with Crippen LogP contribution in [-0.2, 0) is 0 Å². The summed E-state index contributed by atoms with van der Waals surface area (Å²) in [5.74, 6) is 0.116. The SMILES string of the molecule is Cc1cc(OC(F)F)c(NC(=O)N(c2ccccc2C(C)C)C2CCNCC2)cn1. The van der Waals surface area contributed by atoms with Gasteiger partial charge in [0.2, 0.25) is 0 Å². The summed E-state index contributed by atoms with van der Waals surface area (Å²) in [6.07, 6.45) is 2.94. The Morgan fingerprint density at radius 1 is 1.27 bits per heavy atom. The van der Waals surface area contributed by atoms with E-state index in [1.165, 1.54) is 12.3 Å². The fourth-order valence-electron chi connectivity index (χ4n) is 3.73. The third kappa shape index (κ3) is 5.24. The van der Waals surface area contributed by atoms with Crippen LogP contribution in [0.3, 0.4) is 0 Å². The molecule has 1 aliphatic heterocycles. The Hall–Kier alpha value is -2.74.